The van der Waals surface area contributed by atoms with Crippen LogP contribution in [0.1, 0.15) is 19.3 Å². The highest BCUT2D eigenvalue weighted by Gasteiger charge is 2.27. The van der Waals surface area contributed by atoms with Gasteiger partial charge in [0.25, 0.3) is 0 Å². The summed E-state index contributed by atoms with van der Waals surface area (Å²) in [5.41, 5.74) is 0. The molecule has 0 aromatic heterocycles. The second-order valence-electron chi connectivity index (χ2n) is 5.16. The van der Waals surface area contributed by atoms with Crippen molar-refractivity contribution in [1.82, 2.24) is 9.80 Å². The summed E-state index contributed by atoms with van der Waals surface area (Å²) >= 11 is 0. The average molecular weight is 266 g/mol. The maximum absolute atomic E-state index is 12.3. The van der Waals surface area contributed by atoms with Gasteiger partial charge in [0, 0.05) is 32.1 Å². The molecule has 0 spiro atoms. The summed E-state index contributed by atoms with van der Waals surface area (Å²) in [7, 11) is 1.40. The van der Waals surface area contributed by atoms with E-state index in [1.165, 1.54) is 7.11 Å². The second kappa shape index (κ2) is 6.70. The van der Waals surface area contributed by atoms with Crippen LogP contribution in [0.15, 0.2) is 12.2 Å². The quantitative estimate of drug-likeness (QED) is 0.556. The van der Waals surface area contributed by atoms with Crippen LogP contribution >= 0.6 is 0 Å². The van der Waals surface area contributed by atoms with Gasteiger partial charge in [-0.25, -0.2) is 0 Å². The lowest BCUT2D eigenvalue weighted by molar-refractivity contribution is -0.143. The first kappa shape index (κ1) is 14.1. The molecule has 0 radical (unpaired) electrons. The minimum absolute atomic E-state index is 0.164. The zero-order chi connectivity index (χ0) is 13.7. The summed E-state index contributed by atoms with van der Waals surface area (Å²) in [6.45, 7) is 3.27. The number of hydrogen-bond acceptors (Lipinski definition) is 4. The third-order valence-corrected chi connectivity index (χ3v) is 3.88. The number of allylic oxidation sites excluding steroid dienone is 2. The van der Waals surface area contributed by atoms with Crippen molar-refractivity contribution in [2.45, 2.75) is 19.3 Å². The van der Waals surface area contributed by atoms with E-state index in [9.17, 15) is 9.59 Å². The van der Waals surface area contributed by atoms with E-state index in [0.29, 0.717) is 6.54 Å². The number of piperazine rings is 1. The molecule has 106 valence electrons. The van der Waals surface area contributed by atoms with E-state index < -0.39 is 0 Å². The van der Waals surface area contributed by atoms with Crippen LogP contribution in [0, 0.1) is 5.92 Å². The molecule has 1 amide bonds. The third kappa shape index (κ3) is 3.80. The molecule has 2 rings (SSSR count). The van der Waals surface area contributed by atoms with E-state index in [1.54, 1.807) is 0 Å². The number of carbonyl (C=O) groups is 2. The molecule has 0 bridgehead atoms. The molecular formula is C14H22N2O3. The van der Waals surface area contributed by atoms with Crippen molar-refractivity contribution < 1.29 is 14.3 Å². The molecule has 0 N–H and O–H groups in total. The van der Waals surface area contributed by atoms with E-state index >= 15 is 0 Å². The Bertz CT molecular complexity index is 360. The van der Waals surface area contributed by atoms with Crippen LogP contribution < -0.4 is 0 Å². The van der Waals surface area contributed by atoms with Crippen molar-refractivity contribution in [3.63, 3.8) is 0 Å². The number of carbonyl (C=O) groups excluding carboxylic acids is 2. The number of ether oxygens (including phenoxy) is 1. The fourth-order valence-corrected chi connectivity index (χ4v) is 2.65. The maximum atomic E-state index is 12.3. The van der Waals surface area contributed by atoms with Gasteiger partial charge in [-0.2, -0.15) is 0 Å². The van der Waals surface area contributed by atoms with Crippen molar-refractivity contribution in [3.05, 3.63) is 12.2 Å². The lowest BCUT2D eigenvalue weighted by Gasteiger charge is -2.36. The average Bonchev–Trinajstić information content (AvgIpc) is 2.48. The summed E-state index contributed by atoms with van der Waals surface area (Å²) in [5.74, 6) is 0.233. The fraction of sp³-hybridized carbons (Fsp3) is 0.714. The topological polar surface area (TPSA) is 49.9 Å². The standard InChI is InChI=1S/C14H22N2O3/c1-19-13(17)11-15-7-9-16(10-8-15)14(18)12-5-3-2-4-6-12/h2-3,12H,4-11H2,1H3/t12-/m0/s1. The molecule has 5 heteroatoms. The van der Waals surface area contributed by atoms with Crippen molar-refractivity contribution in [2.24, 2.45) is 5.92 Å². The third-order valence-electron chi connectivity index (χ3n) is 3.88. The lowest BCUT2D eigenvalue weighted by Crippen LogP contribution is -2.51. The molecule has 5 nitrogen and oxygen atoms in total. The van der Waals surface area contributed by atoms with Gasteiger partial charge in [-0.05, 0) is 19.3 Å². The molecular weight excluding hydrogens is 244 g/mol. The Morgan fingerprint density at radius 3 is 2.53 bits per heavy atom. The fourth-order valence-electron chi connectivity index (χ4n) is 2.65. The van der Waals surface area contributed by atoms with Crippen molar-refractivity contribution >= 4 is 11.9 Å². The Morgan fingerprint density at radius 2 is 1.95 bits per heavy atom. The number of hydrogen-bond donors (Lipinski definition) is 0. The number of rotatable bonds is 3. The Hall–Kier alpha value is -1.36. The van der Waals surface area contributed by atoms with Crippen LogP contribution in [-0.2, 0) is 14.3 Å². The van der Waals surface area contributed by atoms with E-state index in [0.717, 1.165) is 45.4 Å². The first-order chi connectivity index (χ1) is 9.20. The summed E-state index contributed by atoms with van der Waals surface area (Å²) in [6, 6.07) is 0. The number of esters is 1. The van der Waals surface area contributed by atoms with Gasteiger partial charge < -0.3 is 9.64 Å². The number of amides is 1. The van der Waals surface area contributed by atoms with E-state index in [2.05, 4.69) is 16.9 Å². The monoisotopic (exact) mass is 266 g/mol. The number of methoxy groups -OCH3 is 1. The Morgan fingerprint density at radius 1 is 1.21 bits per heavy atom. The molecule has 1 fully saturated rings. The Kier molecular flexibility index (Phi) is 4.96. The van der Waals surface area contributed by atoms with Crippen LogP contribution in [0.5, 0.6) is 0 Å². The van der Waals surface area contributed by atoms with Crippen LogP contribution in [0.25, 0.3) is 0 Å². The lowest BCUT2D eigenvalue weighted by atomic mass is 9.93. The summed E-state index contributed by atoms with van der Waals surface area (Å²) in [6.07, 6.45) is 7.12. The maximum Gasteiger partial charge on any atom is 0.319 e. The van der Waals surface area contributed by atoms with E-state index in [1.807, 2.05) is 9.80 Å². The highest BCUT2D eigenvalue weighted by atomic mass is 16.5. The number of nitrogens with zero attached hydrogens (tertiary/aromatic N) is 2. The second-order valence-corrected chi connectivity index (χ2v) is 5.16. The zero-order valence-electron chi connectivity index (χ0n) is 11.5. The van der Waals surface area contributed by atoms with Crippen LogP contribution in [0.3, 0.4) is 0 Å². The van der Waals surface area contributed by atoms with E-state index in [4.69, 9.17) is 0 Å². The molecule has 0 aromatic carbocycles. The first-order valence-corrected chi connectivity index (χ1v) is 6.93. The molecule has 19 heavy (non-hydrogen) atoms. The molecule has 0 aromatic rings. The molecule has 2 aliphatic rings. The highest BCUT2D eigenvalue weighted by molar-refractivity contribution is 5.79. The van der Waals surface area contributed by atoms with Crippen LogP contribution in [0.2, 0.25) is 0 Å². The van der Waals surface area contributed by atoms with Crippen molar-refractivity contribution in [1.29, 1.82) is 0 Å². The minimum atomic E-state index is -0.211. The molecule has 1 saturated heterocycles. The minimum Gasteiger partial charge on any atom is -0.468 e. The van der Waals surface area contributed by atoms with Gasteiger partial charge in [0.2, 0.25) is 5.91 Å². The van der Waals surface area contributed by atoms with Crippen molar-refractivity contribution in [3.8, 4) is 0 Å². The van der Waals surface area contributed by atoms with Crippen molar-refractivity contribution in [2.75, 3.05) is 39.8 Å². The SMILES string of the molecule is COC(=O)CN1CCN(C(=O)[C@H]2CC=CCC2)CC1. The van der Waals surface area contributed by atoms with Crippen LogP contribution in [-0.4, -0.2) is 61.5 Å². The smallest absolute Gasteiger partial charge is 0.319 e. The summed E-state index contributed by atoms with van der Waals surface area (Å²) in [4.78, 5) is 27.5. The normalized spacial score (nSPS) is 24.3. The van der Waals surface area contributed by atoms with Gasteiger partial charge >= 0.3 is 5.97 Å². The molecule has 1 atom stereocenters. The molecule has 1 heterocycles. The predicted molar refractivity (Wildman–Crippen MR) is 71.5 cm³/mol. The predicted octanol–water partition coefficient (Wildman–Crippen LogP) is 0.660. The zero-order valence-corrected chi connectivity index (χ0v) is 11.5. The first-order valence-electron chi connectivity index (χ1n) is 6.93. The summed E-state index contributed by atoms with van der Waals surface area (Å²) in [5, 5.41) is 0. The van der Waals surface area contributed by atoms with Gasteiger partial charge in [0.05, 0.1) is 13.7 Å². The van der Waals surface area contributed by atoms with Gasteiger partial charge in [0.15, 0.2) is 0 Å². The largest absolute Gasteiger partial charge is 0.468 e. The Labute approximate surface area is 114 Å². The Balaban J connectivity index is 1.77. The highest BCUT2D eigenvalue weighted by Crippen LogP contribution is 2.21. The van der Waals surface area contributed by atoms with E-state index in [-0.39, 0.29) is 17.8 Å². The summed E-state index contributed by atoms with van der Waals surface area (Å²) < 4.78 is 4.65. The van der Waals surface area contributed by atoms with Gasteiger partial charge in [-0.3, -0.25) is 14.5 Å². The van der Waals surface area contributed by atoms with Gasteiger partial charge in [-0.1, -0.05) is 12.2 Å². The molecule has 0 unspecified atom stereocenters. The van der Waals surface area contributed by atoms with Gasteiger partial charge in [-0.15, -0.1) is 0 Å². The molecule has 0 saturated carbocycles. The van der Waals surface area contributed by atoms with Crippen LogP contribution in [0.4, 0.5) is 0 Å². The molecule has 1 aliphatic heterocycles. The van der Waals surface area contributed by atoms with Gasteiger partial charge in [0.1, 0.15) is 0 Å². The molecule has 1 aliphatic carbocycles.